The molecule has 1 amide bonds. The van der Waals surface area contributed by atoms with Gasteiger partial charge in [-0.2, -0.15) is 0 Å². The number of nitrogens with zero attached hydrogens (tertiary/aromatic N) is 1. The van der Waals surface area contributed by atoms with Crippen molar-refractivity contribution in [2.45, 2.75) is 38.3 Å². The lowest BCUT2D eigenvalue weighted by atomic mass is 9.81. The van der Waals surface area contributed by atoms with Crippen molar-refractivity contribution in [2.75, 3.05) is 6.54 Å². The van der Waals surface area contributed by atoms with Crippen molar-refractivity contribution in [1.29, 1.82) is 0 Å². The molecule has 1 aliphatic carbocycles. The van der Waals surface area contributed by atoms with E-state index in [1.54, 1.807) is 6.92 Å². The van der Waals surface area contributed by atoms with E-state index in [1.165, 1.54) is 22.3 Å². The molecule has 0 spiro atoms. The summed E-state index contributed by atoms with van der Waals surface area (Å²) < 4.78 is 8.08. The quantitative estimate of drug-likeness (QED) is 0.453. The number of amides is 1. The summed E-state index contributed by atoms with van der Waals surface area (Å²) in [6, 6.07) is 26.8. The highest BCUT2D eigenvalue weighted by Crippen LogP contribution is 2.43. The molecule has 1 unspecified atom stereocenters. The van der Waals surface area contributed by atoms with E-state index in [9.17, 15) is 9.59 Å². The Morgan fingerprint density at radius 1 is 0.861 bits per heavy atom. The zero-order chi connectivity index (χ0) is 24.6. The summed E-state index contributed by atoms with van der Waals surface area (Å²) >= 11 is 0. The van der Waals surface area contributed by atoms with E-state index in [2.05, 4.69) is 53.8 Å². The maximum atomic E-state index is 13.2. The van der Waals surface area contributed by atoms with Gasteiger partial charge in [0.15, 0.2) is 11.4 Å². The molecule has 1 aliphatic heterocycles. The molecule has 1 N–H and O–H groups in total. The Kier molecular flexibility index (Phi) is 5.68. The summed E-state index contributed by atoms with van der Waals surface area (Å²) in [6.45, 7) is 2.49. The summed E-state index contributed by atoms with van der Waals surface area (Å²) in [5.74, 6) is -0.124. The maximum Gasteiger partial charge on any atom is 0.272 e. The number of benzene rings is 3. The molecule has 5 heteroatoms. The van der Waals surface area contributed by atoms with Crippen molar-refractivity contribution in [3.05, 3.63) is 134 Å². The van der Waals surface area contributed by atoms with E-state index in [0.29, 0.717) is 17.8 Å². The number of nitrogens with one attached hydrogen (secondary N) is 1. The fraction of sp³-hybridized carbons (Fsp3) is 0.226. The predicted octanol–water partition coefficient (Wildman–Crippen LogP) is 4.95. The van der Waals surface area contributed by atoms with Crippen molar-refractivity contribution >= 4 is 5.91 Å². The van der Waals surface area contributed by atoms with Crippen molar-refractivity contribution in [2.24, 2.45) is 0 Å². The van der Waals surface area contributed by atoms with Gasteiger partial charge < -0.3 is 14.6 Å². The number of aromatic nitrogens is 1. The monoisotopic (exact) mass is 476 g/mol. The first-order chi connectivity index (χ1) is 17.6. The van der Waals surface area contributed by atoms with Crippen LogP contribution in [-0.4, -0.2) is 17.0 Å². The van der Waals surface area contributed by atoms with Crippen molar-refractivity contribution in [1.82, 2.24) is 9.88 Å². The van der Waals surface area contributed by atoms with Crippen molar-refractivity contribution < 1.29 is 9.53 Å². The first-order valence-corrected chi connectivity index (χ1v) is 12.5. The van der Waals surface area contributed by atoms with Crippen LogP contribution in [0.15, 0.2) is 89.9 Å². The molecule has 0 saturated heterocycles. The van der Waals surface area contributed by atoms with Crippen LogP contribution in [0.5, 0.6) is 5.75 Å². The minimum Gasteiger partial charge on any atom is -0.483 e. The SMILES string of the molecule is Cc1cn2c(c(OCc3ccccc3)c1=O)C(=O)NCC2C1c2ccccc2CCc2ccccc21. The Morgan fingerprint density at radius 3 is 2.14 bits per heavy atom. The number of aryl methyl sites for hydroxylation is 3. The molecule has 0 radical (unpaired) electrons. The number of rotatable bonds is 4. The Bertz CT molecular complexity index is 1460. The number of fused-ring (bicyclic) bond motifs is 3. The van der Waals surface area contributed by atoms with Gasteiger partial charge in [0.1, 0.15) is 6.61 Å². The normalized spacial score (nSPS) is 16.8. The van der Waals surface area contributed by atoms with Crippen LogP contribution in [0.2, 0.25) is 0 Å². The van der Waals surface area contributed by atoms with Crippen molar-refractivity contribution in [3.63, 3.8) is 0 Å². The molecule has 0 fully saturated rings. The van der Waals surface area contributed by atoms with Crippen LogP contribution >= 0.6 is 0 Å². The van der Waals surface area contributed by atoms with Gasteiger partial charge in [-0.25, -0.2) is 0 Å². The Balaban J connectivity index is 1.51. The van der Waals surface area contributed by atoms with E-state index in [4.69, 9.17) is 4.74 Å². The molecular formula is C31H28N2O3. The first-order valence-electron chi connectivity index (χ1n) is 12.5. The fourth-order valence-electron chi connectivity index (χ4n) is 5.72. The summed E-state index contributed by atoms with van der Waals surface area (Å²) in [7, 11) is 0. The zero-order valence-electron chi connectivity index (χ0n) is 20.2. The number of carbonyl (C=O) groups excluding carboxylic acids is 1. The molecule has 1 atom stereocenters. The molecular weight excluding hydrogens is 448 g/mol. The summed E-state index contributed by atoms with van der Waals surface area (Å²) in [5.41, 5.74) is 6.78. The average Bonchev–Trinajstić information content (AvgIpc) is 3.07. The van der Waals surface area contributed by atoms with Crippen LogP contribution in [-0.2, 0) is 19.4 Å². The van der Waals surface area contributed by atoms with Gasteiger partial charge in [-0.3, -0.25) is 9.59 Å². The molecule has 1 aromatic heterocycles. The van der Waals surface area contributed by atoms with Gasteiger partial charge in [0.25, 0.3) is 5.91 Å². The topological polar surface area (TPSA) is 60.3 Å². The Labute approximate surface area is 210 Å². The molecule has 2 heterocycles. The Morgan fingerprint density at radius 2 is 1.47 bits per heavy atom. The lowest BCUT2D eigenvalue weighted by Crippen LogP contribution is -2.44. The van der Waals surface area contributed by atoms with Gasteiger partial charge in [0, 0.05) is 24.2 Å². The minimum absolute atomic E-state index is 0.0307. The van der Waals surface area contributed by atoms with E-state index in [0.717, 1.165) is 18.4 Å². The zero-order valence-corrected chi connectivity index (χ0v) is 20.2. The van der Waals surface area contributed by atoms with Gasteiger partial charge in [-0.1, -0.05) is 78.9 Å². The van der Waals surface area contributed by atoms with Gasteiger partial charge in [0.2, 0.25) is 5.43 Å². The highest BCUT2D eigenvalue weighted by molar-refractivity contribution is 5.96. The molecule has 0 bridgehead atoms. The second kappa shape index (κ2) is 9.15. The van der Waals surface area contributed by atoms with Gasteiger partial charge in [-0.05, 0) is 47.6 Å². The molecule has 2 aliphatic rings. The van der Waals surface area contributed by atoms with E-state index in [1.807, 2.05) is 41.1 Å². The van der Waals surface area contributed by atoms with Crippen LogP contribution in [0.4, 0.5) is 0 Å². The molecule has 5 nitrogen and oxygen atoms in total. The lowest BCUT2D eigenvalue weighted by molar-refractivity contribution is 0.0901. The van der Waals surface area contributed by atoms with E-state index >= 15 is 0 Å². The standard InChI is InChI=1S/C31H28N2O3/c1-20-18-33-26(27-24-13-7-5-11-22(24)15-16-23-12-6-8-14-25(23)27)17-32-31(35)28(33)30(29(20)34)36-19-21-9-3-2-4-10-21/h2-14,18,26-27H,15-17,19H2,1H3,(H,32,35). The molecule has 0 saturated carbocycles. The summed E-state index contributed by atoms with van der Waals surface area (Å²) in [4.78, 5) is 26.4. The predicted molar refractivity (Wildman–Crippen MR) is 140 cm³/mol. The molecule has 180 valence electrons. The minimum atomic E-state index is -0.276. The third-order valence-corrected chi connectivity index (χ3v) is 7.47. The first kappa shape index (κ1) is 22.4. The number of pyridine rings is 1. The molecule has 3 aromatic carbocycles. The van der Waals surface area contributed by atoms with E-state index < -0.39 is 0 Å². The molecule has 6 rings (SSSR count). The maximum absolute atomic E-state index is 13.2. The molecule has 36 heavy (non-hydrogen) atoms. The second-order valence-corrected chi connectivity index (χ2v) is 9.65. The highest BCUT2D eigenvalue weighted by atomic mass is 16.5. The van der Waals surface area contributed by atoms with E-state index in [-0.39, 0.29) is 35.7 Å². The van der Waals surface area contributed by atoms with Gasteiger partial charge in [0.05, 0.1) is 6.04 Å². The van der Waals surface area contributed by atoms with Gasteiger partial charge in [-0.15, -0.1) is 0 Å². The average molecular weight is 477 g/mol. The third kappa shape index (κ3) is 3.81. The number of hydrogen-bond acceptors (Lipinski definition) is 3. The lowest BCUT2D eigenvalue weighted by Gasteiger charge is -2.36. The Hall–Kier alpha value is -4.12. The smallest absolute Gasteiger partial charge is 0.272 e. The fourth-order valence-corrected chi connectivity index (χ4v) is 5.72. The van der Waals surface area contributed by atoms with Crippen LogP contribution in [0.3, 0.4) is 0 Å². The molecule has 4 aromatic rings. The van der Waals surface area contributed by atoms with Crippen LogP contribution in [0, 0.1) is 6.92 Å². The third-order valence-electron chi connectivity index (χ3n) is 7.47. The number of hydrogen-bond donors (Lipinski definition) is 1. The van der Waals surface area contributed by atoms with Crippen LogP contribution < -0.4 is 15.5 Å². The van der Waals surface area contributed by atoms with Gasteiger partial charge >= 0.3 is 0 Å². The van der Waals surface area contributed by atoms with Crippen molar-refractivity contribution in [3.8, 4) is 5.75 Å². The second-order valence-electron chi connectivity index (χ2n) is 9.65. The van der Waals surface area contributed by atoms with Crippen LogP contribution in [0.1, 0.15) is 55.8 Å². The summed E-state index contributed by atoms with van der Waals surface area (Å²) in [6.07, 6.45) is 3.79. The van der Waals surface area contributed by atoms with Crippen LogP contribution in [0.25, 0.3) is 0 Å². The number of ether oxygens (including phenoxy) is 1. The highest BCUT2D eigenvalue weighted by Gasteiger charge is 2.37. The largest absolute Gasteiger partial charge is 0.483 e. The summed E-state index contributed by atoms with van der Waals surface area (Å²) in [5, 5.41) is 3.07. The number of carbonyl (C=O) groups is 1.